The molecule has 2 saturated carbocycles. The zero-order valence-electron chi connectivity index (χ0n) is 20.6. The summed E-state index contributed by atoms with van der Waals surface area (Å²) in [7, 11) is 0. The Bertz CT molecular complexity index is 772. The first-order chi connectivity index (χ1) is 15.4. The van der Waals surface area contributed by atoms with E-state index in [9.17, 15) is 19.2 Å². The number of hydrogen-bond acceptors (Lipinski definition) is 5. The Hall–Kier alpha value is -1.96. The third-order valence-corrected chi connectivity index (χ3v) is 8.77. The number of amides is 3. The molecule has 8 heteroatoms. The molecular weight excluding hydrogens is 420 g/mol. The maximum Gasteiger partial charge on any atom is 0.287 e. The molecule has 2 aliphatic carbocycles. The highest BCUT2D eigenvalue weighted by molar-refractivity contribution is 6.37. The molecule has 0 spiro atoms. The minimum atomic E-state index is -1.04. The summed E-state index contributed by atoms with van der Waals surface area (Å²) in [5.41, 5.74) is 11.5. The molecule has 0 aromatic carbocycles. The smallest absolute Gasteiger partial charge is 0.287 e. The van der Waals surface area contributed by atoms with Crippen LogP contribution in [0, 0.1) is 29.1 Å². The van der Waals surface area contributed by atoms with Gasteiger partial charge in [-0.3, -0.25) is 19.2 Å². The lowest BCUT2D eigenvalue weighted by molar-refractivity contribution is -0.142. The topological polar surface area (TPSA) is 136 Å². The van der Waals surface area contributed by atoms with E-state index in [1.54, 1.807) is 4.90 Å². The van der Waals surface area contributed by atoms with Crippen LogP contribution < -0.4 is 16.8 Å². The molecule has 3 unspecified atom stereocenters. The van der Waals surface area contributed by atoms with Crippen LogP contribution in [-0.4, -0.2) is 53.1 Å². The number of hydrogen-bond donors (Lipinski definition) is 3. The Balaban J connectivity index is 1.80. The number of carbonyl (C=O) groups excluding carboxylic acids is 4. The molecule has 1 saturated heterocycles. The summed E-state index contributed by atoms with van der Waals surface area (Å²) >= 11 is 0. The third-order valence-electron chi connectivity index (χ3n) is 8.77. The van der Waals surface area contributed by atoms with E-state index in [0.717, 1.165) is 19.3 Å². The van der Waals surface area contributed by atoms with E-state index in [4.69, 9.17) is 11.5 Å². The summed E-state index contributed by atoms with van der Waals surface area (Å²) in [4.78, 5) is 52.4. The van der Waals surface area contributed by atoms with Gasteiger partial charge in [-0.25, -0.2) is 0 Å². The van der Waals surface area contributed by atoms with Crippen LogP contribution >= 0.6 is 0 Å². The number of primary amides is 1. The Morgan fingerprint density at radius 2 is 1.64 bits per heavy atom. The molecule has 186 valence electrons. The second-order valence-electron chi connectivity index (χ2n) is 11.5. The summed E-state index contributed by atoms with van der Waals surface area (Å²) < 4.78 is 0. The summed E-state index contributed by atoms with van der Waals surface area (Å²) in [5, 5.41) is 2.80. The summed E-state index contributed by atoms with van der Waals surface area (Å²) in [6.07, 6.45) is 7.58. The van der Waals surface area contributed by atoms with Crippen molar-refractivity contribution in [3.63, 3.8) is 0 Å². The van der Waals surface area contributed by atoms with Crippen molar-refractivity contribution in [2.45, 2.75) is 97.2 Å². The Morgan fingerprint density at radius 3 is 2.09 bits per heavy atom. The summed E-state index contributed by atoms with van der Waals surface area (Å²) in [6, 6.07) is -2.32. The molecule has 1 aliphatic heterocycles. The van der Waals surface area contributed by atoms with Gasteiger partial charge in [-0.15, -0.1) is 0 Å². The largest absolute Gasteiger partial charge is 0.363 e. The van der Waals surface area contributed by atoms with Crippen molar-refractivity contribution < 1.29 is 19.2 Å². The van der Waals surface area contributed by atoms with E-state index in [1.807, 2.05) is 13.8 Å². The lowest BCUT2D eigenvalue weighted by Crippen LogP contribution is -2.56. The van der Waals surface area contributed by atoms with Crippen molar-refractivity contribution in [1.82, 2.24) is 10.2 Å². The van der Waals surface area contributed by atoms with Gasteiger partial charge in [0, 0.05) is 6.54 Å². The lowest BCUT2D eigenvalue weighted by Gasteiger charge is -2.44. The quantitative estimate of drug-likeness (QED) is 0.425. The van der Waals surface area contributed by atoms with Crippen LogP contribution in [0.5, 0.6) is 0 Å². The molecule has 3 rings (SSSR count). The van der Waals surface area contributed by atoms with Gasteiger partial charge in [0.1, 0.15) is 6.04 Å². The molecule has 5 N–H and O–H groups in total. The molecule has 3 fully saturated rings. The minimum absolute atomic E-state index is 0.00209. The number of ketones is 1. The normalized spacial score (nSPS) is 25.8. The van der Waals surface area contributed by atoms with Crippen LogP contribution in [0.2, 0.25) is 0 Å². The SMILES string of the molecule is CC(C)[C@H](N)C(=O)N1CC(C(C)(C)C2CCC2)CC1C(=O)NC(CC1CCC1)C(=O)C(N)=O. The van der Waals surface area contributed by atoms with Gasteiger partial charge in [0.2, 0.25) is 17.6 Å². The van der Waals surface area contributed by atoms with Gasteiger partial charge in [0.15, 0.2) is 0 Å². The van der Waals surface area contributed by atoms with E-state index >= 15 is 0 Å². The molecule has 3 amide bonds. The lowest BCUT2D eigenvalue weighted by atomic mass is 9.61. The first-order valence-electron chi connectivity index (χ1n) is 12.6. The van der Waals surface area contributed by atoms with Gasteiger partial charge >= 0.3 is 0 Å². The standard InChI is InChI=1S/C25H42N4O4/c1-14(2)20(26)24(33)29-13-17(25(3,4)16-9-6-10-16)12-19(29)23(32)28-18(21(30)22(27)31)11-15-7-5-8-15/h14-20H,5-13,26H2,1-4H3,(H2,27,31)(H,28,32)/t17?,18?,19?,20-/m0/s1. The molecule has 33 heavy (non-hydrogen) atoms. The summed E-state index contributed by atoms with van der Waals surface area (Å²) in [5.74, 6) is -1.41. The van der Waals surface area contributed by atoms with Crippen LogP contribution in [0.3, 0.4) is 0 Å². The van der Waals surface area contributed by atoms with E-state index in [1.165, 1.54) is 19.3 Å². The zero-order valence-corrected chi connectivity index (χ0v) is 20.6. The van der Waals surface area contributed by atoms with Crippen LogP contribution in [-0.2, 0) is 19.2 Å². The molecule has 1 heterocycles. The molecule has 0 aromatic rings. The fraction of sp³-hybridized carbons (Fsp3) is 0.840. The van der Waals surface area contributed by atoms with Crippen LogP contribution in [0.25, 0.3) is 0 Å². The molecule has 3 aliphatic rings. The van der Waals surface area contributed by atoms with Crippen LogP contribution in [0.1, 0.15) is 79.1 Å². The maximum absolute atomic E-state index is 13.5. The van der Waals surface area contributed by atoms with Crippen molar-refractivity contribution in [2.75, 3.05) is 6.54 Å². The second kappa shape index (κ2) is 10.1. The van der Waals surface area contributed by atoms with E-state index in [0.29, 0.717) is 31.2 Å². The highest BCUT2D eigenvalue weighted by Crippen LogP contribution is 2.50. The van der Waals surface area contributed by atoms with E-state index < -0.39 is 29.8 Å². The molecule has 0 aromatic heterocycles. The monoisotopic (exact) mass is 462 g/mol. The van der Waals surface area contributed by atoms with Crippen LogP contribution in [0.4, 0.5) is 0 Å². The van der Waals surface area contributed by atoms with Crippen molar-refractivity contribution >= 4 is 23.5 Å². The van der Waals surface area contributed by atoms with E-state index in [2.05, 4.69) is 19.2 Å². The Morgan fingerprint density at radius 1 is 1.03 bits per heavy atom. The van der Waals surface area contributed by atoms with Crippen molar-refractivity contribution in [2.24, 2.45) is 40.6 Å². The molecule has 8 nitrogen and oxygen atoms in total. The van der Waals surface area contributed by atoms with Gasteiger partial charge < -0.3 is 21.7 Å². The van der Waals surface area contributed by atoms with Gasteiger partial charge in [-0.1, -0.05) is 53.4 Å². The average molecular weight is 463 g/mol. The fourth-order valence-electron chi connectivity index (χ4n) is 5.56. The highest BCUT2D eigenvalue weighted by Gasteiger charge is 2.50. The Kier molecular flexibility index (Phi) is 7.87. The molecular formula is C25H42N4O4. The molecule has 4 atom stereocenters. The first-order valence-corrected chi connectivity index (χ1v) is 12.6. The number of Topliss-reactive ketones (excluding diaryl/α,β-unsaturated/α-hetero) is 1. The number of nitrogens with zero attached hydrogens (tertiary/aromatic N) is 1. The predicted molar refractivity (Wildman–Crippen MR) is 126 cm³/mol. The van der Waals surface area contributed by atoms with Gasteiger partial charge in [0.05, 0.1) is 12.1 Å². The van der Waals surface area contributed by atoms with Crippen molar-refractivity contribution in [3.8, 4) is 0 Å². The van der Waals surface area contributed by atoms with Gasteiger partial charge in [-0.2, -0.15) is 0 Å². The van der Waals surface area contributed by atoms with Gasteiger partial charge in [0.25, 0.3) is 5.91 Å². The average Bonchev–Trinajstić information content (AvgIpc) is 3.12. The number of nitrogens with one attached hydrogen (secondary N) is 1. The van der Waals surface area contributed by atoms with Crippen molar-refractivity contribution in [1.29, 1.82) is 0 Å². The van der Waals surface area contributed by atoms with E-state index in [-0.39, 0.29) is 29.1 Å². The highest BCUT2D eigenvalue weighted by atomic mass is 16.2. The zero-order chi connectivity index (χ0) is 24.5. The fourth-order valence-corrected chi connectivity index (χ4v) is 5.56. The summed E-state index contributed by atoms with van der Waals surface area (Å²) in [6.45, 7) is 8.75. The number of carbonyl (C=O) groups is 4. The number of likely N-dealkylation sites (tertiary alicyclic amines) is 1. The first kappa shape index (κ1) is 25.7. The van der Waals surface area contributed by atoms with Crippen LogP contribution in [0.15, 0.2) is 0 Å². The number of rotatable bonds is 10. The second-order valence-corrected chi connectivity index (χ2v) is 11.5. The number of nitrogens with two attached hydrogens (primary N) is 2. The maximum atomic E-state index is 13.5. The molecule has 0 radical (unpaired) electrons. The molecule has 0 bridgehead atoms. The Labute approximate surface area is 197 Å². The van der Waals surface area contributed by atoms with Crippen molar-refractivity contribution in [3.05, 3.63) is 0 Å². The third kappa shape index (κ3) is 5.42. The predicted octanol–water partition coefficient (Wildman–Crippen LogP) is 1.74. The minimum Gasteiger partial charge on any atom is -0.363 e. The van der Waals surface area contributed by atoms with Gasteiger partial charge in [-0.05, 0) is 54.8 Å².